The minimum absolute atomic E-state index is 0.235. The van der Waals surface area contributed by atoms with E-state index in [4.69, 9.17) is 4.74 Å². The van der Waals surface area contributed by atoms with Crippen molar-refractivity contribution in [3.05, 3.63) is 95.1 Å². The molecule has 164 valence electrons. The lowest BCUT2D eigenvalue weighted by molar-refractivity contribution is -0.128. The summed E-state index contributed by atoms with van der Waals surface area (Å²) in [5, 5.41) is 2.79. The predicted octanol–water partition coefficient (Wildman–Crippen LogP) is 3.78. The summed E-state index contributed by atoms with van der Waals surface area (Å²) in [5.74, 6) is -0.646. The number of nitrogens with one attached hydrogen (secondary N) is 3. The van der Waals surface area contributed by atoms with Crippen molar-refractivity contribution in [1.29, 1.82) is 0 Å². The van der Waals surface area contributed by atoms with Crippen LogP contribution >= 0.6 is 0 Å². The molecule has 0 aliphatic heterocycles. The largest absolute Gasteiger partial charge is 0.481 e. The van der Waals surface area contributed by atoms with Gasteiger partial charge in [-0.05, 0) is 69.3 Å². The van der Waals surface area contributed by atoms with E-state index >= 15 is 0 Å². The number of hydrazine groups is 1. The average molecular weight is 431 g/mol. The molecule has 1 unspecified atom stereocenters. The van der Waals surface area contributed by atoms with Crippen molar-refractivity contribution in [3.63, 3.8) is 0 Å². The molecule has 7 heteroatoms. The number of hydrogen-bond donors (Lipinski definition) is 3. The molecule has 0 aliphatic rings. The summed E-state index contributed by atoms with van der Waals surface area (Å²) in [6, 6.07) is 20.9. The van der Waals surface area contributed by atoms with Crippen LogP contribution in [0.25, 0.3) is 0 Å². The Bertz CT molecular complexity index is 1110. The van der Waals surface area contributed by atoms with E-state index in [1.54, 1.807) is 55.5 Å². The quantitative estimate of drug-likeness (QED) is 0.518. The average Bonchev–Trinajstić information content (AvgIpc) is 2.79. The molecule has 0 saturated heterocycles. The third-order valence-corrected chi connectivity index (χ3v) is 4.69. The molecule has 0 saturated carbocycles. The molecule has 0 aromatic heterocycles. The Labute approximate surface area is 186 Å². The van der Waals surface area contributed by atoms with Gasteiger partial charge < -0.3 is 10.1 Å². The van der Waals surface area contributed by atoms with E-state index in [2.05, 4.69) is 16.2 Å². The van der Waals surface area contributed by atoms with Gasteiger partial charge in [-0.15, -0.1) is 0 Å². The number of hydrogen-bond acceptors (Lipinski definition) is 4. The van der Waals surface area contributed by atoms with Gasteiger partial charge in [0, 0.05) is 16.8 Å². The van der Waals surface area contributed by atoms with E-state index in [9.17, 15) is 14.4 Å². The fourth-order valence-corrected chi connectivity index (χ4v) is 2.86. The van der Waals surface area contributed by atoms with E-state index in [0.717, 1.165) is 11.1 Å². The van der Waals surface area contributed by atoms with Gasteiger partial charge in [-0.1, -0.05) is 35.4 Å². The van der Waals surface area contributed by atoms with Gasteiger partial charge in [-0.25, -0.2) is 0 Å². The fourth-order valence-electron chi connectivity index (χ4n) is 2.86. The predicted molar refractivity (Wildman–Crippen MR) is 122 cm³/mol. The highest BCUT2D eigenvalue weighted by molar-refractivity contribution is 6.04. The van der Waals surface area contributed by atoms with Crippen LogP contribution < -0.4 is 20.9 Å². The van der Waals surface area contributed by atoms with Crippen molar-refractivity contribution >= 4 is 23.4 Å². The Hall–Kier alpha value is -4.13. The van der Waals surface area contributed by atoms with Crippen LogP contribution in [-0.4, -0.2) is 23.8 Å². The Morgan fingerprint density at radius 3 is 2.09 bits per heavy atom. The van der Waals surface area contributed by atoms with E-state index in [1.807, 2.05) is 38.1 Å². The first-order chi connectivity index (χ1) is 15.3. The summed E-state index contributed by atoms with van der Waals surface area (Å²) in [7, 11) is 0. The molecule has 3 rings (SSSR count). The van der Waals surface area contributed by atoms with E-state index < -0.39 is 17.9 Å². The molecule has 3 aromatic carbocycles. The van der Waals surface area contributed by atoms with Crippen molar-refractivity contribution in [2.75, 3.05) is 5.32 Å². The molecule has 3 N–H and O–H groups in total. The number of amides is 3. The van der Waals surface area contributed by atoms with Crippen LogP contribution in [-0.2, 0) is 4.79 Å². The molecular formula is C25H25N3O4. The maximum atomic E-state index is 12.3. The number of carbonyl (C=O) groups is 3. The van der Waals surface area contributed by atoms with Crippen molar-refractivity contribution in [2.24, 2.45) is 0 Å². The molecule has 0 radical (unpaired) electrons. The third kappa shape index (κ3) is 6.18. The maximum Gasteiger partial charge on any atom is 0.279 e. The van der Waals surface area contributed by atoms with E-state index in [-0.39, 0.29) is 5.91 Å². The second-order valence-electron chi connectivity index (χ2n) is 7.42. The van der Waals surface area contributed by atoms with Crippen molar-refractivity contribution < 1.29 is 19.1 Å². The molecule has 0 aliphatic carbocycles. The number of aryl methyl sites for hydroxylation is 2. The zero-order chi connectivity index (χ0) is 23.1. The Kier molecular flexibility index (Phi) is 7.23. The highest BCUT2D eigenvalue weighted by atomic mass is 16.5. The van der Waals surface area contributed by atoms with Crippen LogP contribution in [0.1, 0.15) is 38.8 Å². The van der Waals surface area contributed by atoms with Gasteiger partial charge in [0.2, 0.25) is 0 Å². The number of rotatable bonds is 6. The van der Waals surface area contributed by atoms with Crippen LogP contribution in [0, 0.1) is 13.8 Å². The summed E-state index contributed by atoms with van der Waals surface area (Å²) >= 11 is 0. The Morgan fingerprint density at radius 2 is 1.44 bits per heavy atom. The summed E-state index contributed by atoms with van der Waals surface area (Å²) < 4.78 is 5.56. The topological polar surface area (TPSA) is 96.5 Å². The van der Waals surface area contributed by atoms with E-state index in [0.29, 0.717) is 22.6 Å². The van der Waals surface area contributed by atoms with Crippen LogP contribution in [0.3, 0.4) is 0 Å². The first kappa shape index (κ1) is 22.6. The molecule has 1 atom stereocenters. The molecule has 3 amide bonds. The monoisotopic (exact) mass is 431 g/mol. The number of carbonyl (C=O) groups excluding carboxylic acids is 3. The highest BCUT2D eigenvalue weighted by Gasteiger charge is 2.16. The van der Waals surface area contributed by atoms with Crippen molar-refractivity contribution in [1.82, 2.24) is 10.9 Å². The molecule has 0 heterocycles. The summed E-state index contributed by atoms with van der Waals surface area (Å²) in [4.78, 5) is 36.8. The minimum atomic E-state index is -0.794. The van der Waals surface area contributed by atoms with Gasteiger partial charge in [0.1, 0.15) is 5.75 Å². The van der Waals surface area contributed by atoms with Crippen LogP contribution in [0.5, 0.6) is 5.75 Å². The standard InChI is InChI=1S/C25H25N3O4/c1-16-7-13-22(14-8-16)32-18(3)23(29)27-28-25(31)19-9-11-21(12-10-19)26-24(30)20-6-4-5-17(2)15-20/h4-15,18H,1-3H3,(H,26,30)(H,27,29)(H,28,31). The van der Waals surface area contributed by atoms with Gasteiger partial charge in [-0.2, -0.15) is 0 Å². The van der Waals surface area contributed by atoms with Gasteiger partial charge in [-0.3, -0.25) is 25.2 Å². The Balaban J connectivity index is 1.50. The molecule has 7 nitrogen and oxygen atoms in total. The van der Waals surface area contributed by atoms with Crippen molar-refractivity contribution in [2.45, 2.75) is 26.9 Å². The zero-order valence-electron chi connectivity index (χ0n) is 18.1. The second kappa shape index (κ2) is 10.3. The number of benzene rings is 3. The molecule has 0 bridgehead atoms. The van der Waals surface area contributed by atoms with Gasteiger partial charge in [0.15, 0.2) is 6.10 Å². The number of ether oxygens (including phenoxy) is 1. The third-order valence-electron chi connectivity index (χ3n) is 4.69. The number of anilines is 1. The smallest absolute Gasteiger partial charge is 0.279 e. The SMILES string of the molecule is Cc1ccc(OC(C)C(=O)NNC(=O)c2ccc(NC(=O)c3cccc(C)c3)cc2)cc1. The lowest BCUT2D eigenvalue weighted by atomic mass is 10.1. The minimum Gasteiger partial charge on any atom is -0.481 e. The molecule has 3 aromatic rings. The van der Waals surface area contributed by atoms with Gasteiger partial charge in [0.25, 0.3) is 17.7 Å². The normalized spacial score (nSPS) is 11.2. The molecule has 32 heavy (non-hydrogen) atoms. The van der Waals surface area contributed by atoms with Crippen molar-refractivity contribution in [3.8, 4) is 5.75 Å². The zero-order valence-corrected chi connectivity index (χ0v) is 18.1. The van der Waals surface area contributed by atoms with Gasteiger partial charge in [0.05, 0.1) is 0 Å². The Morgan fingerprint density at radius 1 is 0.750 bits per heavy atom. The highest BCUT2D eigenvalue weighted by Crippen LogP contribution is 2.14. The van der Waals surface area contributed by atoms with Gasteiger partial charge >= 0.3 is 0 Å². The maximum absolute atomic E-state index is 12.3. The van der Waals surface area contributed by atoms with Crippen LogP contribution in [0.2, 0.25) is 0 Å². The summed E-state index contributed by atoms with van der Waals surface area (Å²) in [6.07, 6.45) is -0.794. The lowest BCUT2D eigenvalue weighted by Crippen LogP contribution is -2.47. The molecule has 0 fully saturated rings. The van der Waals surface area contributed by atoms with Crippen LogP contribution in [0.4, 0.5) is 5.69 Å². The van der Waals surface area contributed by atoms with E-state index in [1.165, 1.54) is 0 Å². The lowest BCUT2D eigenvalue weighted by Gasteiger charge is -2.15. The molecule has 0 spiro atoms. The fraction of sp³-hybridized carbons (Fsp3) is 0.160. The first-order valence-electron chi connectivity index (χ1n) is 10.1. The summed E-state index contributed by atoms with van der Waals surface area (Å²) in [6.45, 7) is 5.46. The summed E-state index contributed by atoms with van der Waals surface area (Å²) in [5.41, 5.74) is 8.22. The first-order valence-corrected chi connectivity index (χ1v) is 10.1. The van der Waals surface area contributed by atoms with Crippen LogP contribution in [0.15, 0.2) is 72.8 Å². The molecular weight excluding hydrogens is 406 g/mol. The second-order valence-corrected chi connectivity index (χ2v) is 7.42.